The number of halogens is 1. The second-order valence-electron chi connectivity index (χ2n) is 7.01. The molecule has 1 heterocycles. The van der Waals surface area contributed by atoms with Gasteiger partial charge in [0.25, 0.3) is 11.8 Å². The third-order valence-corrected chi connectivity index (χ3v) is 6.28. The molecule has 0 saturated carbocycles. The normalized spacial score (nSPS) is 11.6. The highest BCUT2D eigenvalue weighted by Crippen LogP contribution is 2.34. The van der Waals surface area contributed by atoms with E-state index in [1.807, 2.05) is 54.6 Å². The Morgan fingerprint density at radius 1 is 1.03 bits per heavy atom. The monoisotopic (exact) mass is 472 g/mol. The number of ketones is 1. The van der Waals surface area contributed by atoms with E-state index in [1.54, 1.807) is 0 Å². The highest BCUT2D eigenvalue weighted by molar-refractivity contribution is 7.21. The summed E-state index contributed by atoms with van der Waals surface area (Å²) in [6, 6.07) is 15.9. The molecule has 0 bridgehead atoms. The Labute approximate surface area is 193 Å². The van der Waals surface area contributed by atoms with Crippen molar-refractivity contribution in [1.29, 1.82) is 0 Å². The average molecular weight is 473 g/mol. The minimum absolute atomic E-state index is 0.207. The first-order valence-electron chi connectivity index (χ1n) is 9.79. The van der Waals surface area contributed by atoms with Gasteiger partial charge in [0.05, 0.1) is 11.1 Å². The predicted molar refractivity (Wildman–Crippen MR) is 123 cm³/mol. The van der Waals surface area contributed by atoms with Crippen LogP contribution in [-0.2, 0) is 25.5 Å². The highest BCUT2D eigenvalue weighted by atomic mass is 35.5. The summed E-state index contributed by atoms with van der Waals surface area (Å²) < 4.78 is 5.76. The van der Waals surface area contributed by atoms with Crippen LogP contribution in [0.2, 0.25) is 5.02 Å². The molecular formula is C23H21ClN2O5S. The fraction of sp³-hybridized carbons (Fsp3) is 0.217. The number of rotatable bonds is 9. The first kappa shape index (κ1) is 23.4. The SMILES string of the molecule is CC(=O)C(Cc1ccccc1)NC(=O)COC(=O)CNC(=O)c1sc2ccccc2c1Cl. The van der Waals surface area contributed by atoms with E-state index in [0.717, 1.165) is 15.6 Å². The minimum Gasteiger partial charge on any atom is -0.454 e. The lowest BCUT2D eigenvalue weighted by Crippen LogP contribution is -2.43. The molecule has 0 spiro atoms. The molecule has 0 aliphatic rings. The number of Topliss-reactive ketones (excluding diaryl/α,β-unsaturated/α-hetero) is 1. The summed E-state index contributed by atoms with van der Waals surface area (Å²) in [7, 11) is 0. The van der Waals surface area contributed by atoms with Crippen LogP contribution < -0.4 is 10.6 Å². The van der Waals surface area contributed by atoms with Crippen LogP contribution in [0, 0.1) is 0 Å². The van der Waals surface area contributed by atoms with Crippen LogP contribution >= 0.6 is 22.9 Å². The molecule has 0 fully saturated rings. The number of hydrogen-bond donors (Lipinski definition) is 2. The van der Waals surface area contributed by atoms with Gasteiger partial charge in [-0.3, -0.25) is 19.2 Å². The molecule has 3 rings (SSSR count). The number of ether oxygens (including phenoxy) is 1. The fourth-order valence-corrected chi connectivity index (χ4v) is 4.41. The Bertz CT molecular complexity index is 1150. The van der Waals surface area contributed by atoms with E-state index in [0.29, 0.717) is 16.3 Å². The number of carbonyl (C=O) groups excluding carboxylic acids is 4. The van der Waals surface area contributed by atoms with E-state index < -0.39 is 37.0 Å². The highest BCUT2D eigenvalue weighted by Gasteiger charge is 2.20. The molecule has 9 heteroatoms. The van der Waals surface area contributed by atoms with Gasteiger partial charge < -0.3 is 15.4 Å². The largest absolute Gasteiger partial charge is 0.454 e. The standard InChI is InChI=1S/C23H21ClN2O5S/c1-14(27)17(11-15-7-3-2-4-8-15)26-19(28)13-31-20(29)12-25-23(30)22-21(24)16-9-5-6-10-18(16)32-22/h2-10,17H,11-13H2,1H3,(H,25,30)(H,26,28). The number of benzene rings is 2. The van der Waals surface area contributed by atoms with E-state index >= 15 is 0 Å². The zero-order valence-electron chi connectivity index (χ0n) is 17.2. The molecule has 0 aliphatic carbocycles. The molecular weight excluding hydrogens is 452 g/mol. The van der Waals surface area contributed by atoms with Crippen molar-refractivity contribution >= 4 is 56.6 Å². The van der Waals surface area contributed by atoms with Crippen LogP contribution in [0.25, 0.3) is 10.1 Å². The number of thiophene rings is 1. The number of carbonyl (C=O) groups is 4. The molecule has 1 atom stereocenters. The van der Waals surface area contributed by atoms with Gasteiger partial charge in [0.15, 0.2) is 12.4 Å². The molecule has 32 heavy (non-hydrogen) atoms. The van der Waals surface area contributed by atoms with Gasteiger partial charge in [0.1, 0.15) is 11.4 Å². The van der Waals surface area contributed by atoms with E-state index in [9.17, 15) is 19.2 Å². The third-order valence-electron chi connectivity index (χ3n) is 4.61. The van der Waals surface area contributed by atoms with Crippen molar-refractivity contribution in [3.8, 4) is 0 Å². The molecule has 2 aromatic carbocycles. The van der Waals surface area contributed by atoms with Crippen LogP contribution in [-0.4, -0.2) is 42.8 Å². The van der Waals surface area contributed by atoms with Gasteiger partial charge in [-0.2, -0.15) is 0 Å². The van der Waals surface area contributed by atoms with E-state index in [-0.39, 0.29) is 5.78 Å². The molecule has 2 amide bonds. The van der Waals surface area contributed by atoms with Crippen molar-refractivity contribution < 1.29 is 23.9 Å². The Kier molecular flexibility index (Phi) is 7.97. The van der Waals surface area contributed by atoms with Gasteiger partial charge in [0.2, 0.25) is 0 Å². The molecule has 166 valence electrons. The number of fused-ring (bicyclic) bond motifs is 1. The summed E-state index contributed by atoms with van der Waals surface area (Å²) in [6.45, 7) is 0.405. The molecule has 2 N–H and O–H groups in total. The van der Waals surface area contributed by atoms with Crippen molar-refractivity contribution in [2.45, 2.75) is 19.4 Å². The van der Waals surface area contributed by atoms with Gasteiger partial charge in [-0.25, -0.2) is 0 Å². The lowest BCUT2D eigenvalue weighted by molar-refractivity contribution is -0.147. The van der Waals surface area contributed by atoms with Gasteiger partial charge >= 0.3 is 5.97 Å². The van der Waals surface area contributed by atoms with Crippen LogP contribution in [0.5, 0.6) is 0 Å². The Balaban J connectivity index is 1.46. The van der Waals surface area contributed by atoms with Gasteiger partial charge in [0, 0.05) is 10.1 Å². The molecule has 0 saturated heterocycles. The Morgan fingerprint density at radius 3 is 2.41 bits per heavy atom. The summed E-state index contributed by atoms with van der Waals surface area (Å²) in [5.41, 5.74) is 0.896. The van der Waals surface area contributed by atoms with E-state index in [2.05, 4.69) is 10.6 Å². The van der Waals surface area contributed by atoms with Crippen LogP contribution in [0.4, 0.5) is 0 Å². The van der Waals surface area contributed by atoms with Crippen molar-refractivity contribution in [2.24, 2.45) is 0 Å². The second kappa shape index (κ2) is 10.9. The third kappa shape index (κ3) is 6.15. The summed E-state index contributed by atoms with van der Waals surface area (Å²) in [5.74, 6) is -2.10. The summed E-state index contributed by atoms with van der Waals surface area (Å²) in [5, 5.41) is 6.09. The van der Waals surface area contributed by atoms with Crippen LogP contribution in [0.3, 0.4) is 0 Å². The Morgan fingerprint density at radius 2 is 1.72 bits per heavy atom. The molecule has 7 nitrogen and oxygen atoms in total. The van der Waals surface area contributed by atoms with Gasteiger partial charge in [-0.05, 0) is 25.0 Å². The first-order valence-corrected chi connectivity index (χ1v) is 11.0. The lowest BCUT2D eigenvalue weighted by atomic mass is 10.0. The number of esters is 1. The minimum atomic E-state index is -0.784. The smallest absolute Gasteiger partial charge is 0.325 e. The molecule has 0 radical (unpaired) electrons. The second-order valence-corrected chi connectivity index (χ2v) is 8.44. The molecule has 1 aromatic heterocycles. The van der Waals surface area contributed by atoms with Crippen molar-refractivity contribution in [1.82, 2.24) is 10.6 Å². The van der Waals surface area contributed by atoms with Gasteiger partial charge in [-0.1, -0.05) is 60.1 Å². The first-order chi connectivity index (χ1) is 15.3. The molecule has 1 unspecified atom stereocenters. The fourth-order valence-electron chi connectivity index (χ4n) is 2.97. The maximum absolute atomic E-state index is 12.4. The van der Waals surface area contributed by atoms with Crippen LogP contribution in [0.1, 0.15) is 22.2 Å². The maximum Gasteiger partial charge on any atom is 0.325 e. The number of amides is 2. The number of nitrogens with one attached hydrogen (secondary N) is 2. The molecule has 3 aromatic rings. The van der Waals surface area contributed by atoms with E-state index in [4.69, 9.17) is 16.3 Å². The zero-order chi connectivity index (χ0) is 23.1. The lowest BCUT2D eigenvalue weighted by Gasteiger charge is -2.16. The quantitative estimate of drug-likeness (QED) is 0.466. The predicted octanol–water partition coefficient (Wildman–Crippen LogP) is 3.14. The van der Waals surface area contributed by atoms with E-state index in [1.165, 1.54) is 18.3 Å². The summed E-state index contributed by atoms with van der Waals surface area (Å²) >= 11 is 7.47. The average Bonchev–Trinajstić information content (AvgIpc) is 3.13. The van der Waals surface area contributed by atoms with Crippen molar-refractivity contribution in [3.63, 3.8) is 0 Å². The topological polar surface area (TPSA) is 102 Å². The zero-order valence-corrected chi connectivity index (χ0v) is 18.8. The Hall–Kier alpha value is -3.23. The summed E-state index contributed by atoms with van der Waals surface area (Å²) in [4.78, 5) is 48.6. The maximum atomic E-state index is 12.4. The molecule has 0 aliphatic heterocycles. The van der Waals surface area contributed by atoms with Crippen LogP contribution in [0.15, 0.2) is 54.6 Å². The summed E-state index contributed by atoms with van der Waals surface area (Å²) in [6.07, 6.45) is 0.335. The van der Waals surface area contributed by atoms with Crippen molar-refractivity contribution in [2.75, 3.05) is 13.2 Å². The van der Waals surface area contributed by atoms with Crippen molar-refractivity contribution in [3.05, 3.63) is 70.1 Å². The number of hydrogen-bond acceptors (Lipinski definition) is 6. The van der Waals surface area contributed by atoms with Gasteiger partial charge in [-0.15, -0.1) is 11.3 Å².